The van der Waals surface area contributed by atoms with Gasteiger partial charge in [-0.25, -0.2) is 0 Å². The molecule has 0 aliphatic carbocycles. The molecule has 1 saturated heterocycles. The summed E-state index contributed by atoms with van der Waals surface area (Å²) in [4.78, 5) is 26.5. The number of hydrogen-bond acceptors (Lipinski definition) is 3. The van der Waals surface area contributed by atoms with E-state index in [2.05, 4.69) is 24.4 Å². The highest BCUT2D eigenvalue weighted by molar-refractivity contribution is 5.78. The Hall–Kier alpha value is -2.82. The lowest BCUT2D eigenvalue weighted by atomic mass is 10.0. The molecule has 0 saturated carbocycles. The predicted molar refractivity (Wildman–Crippen MR) is 118 cm³/mol. The summed E-state index contributed by atoms with van der Waals surface area (Å²) in [7, 11) is 0. The SMILES string of the molecule is CCCc1ccc(OCC(=O)N2CCC(NC(=O)CCc3ccccc3)CC2)cc1. The van der Waals surface area contributed by atoms with Crippen molar-refractivity contribution in [2.24, 2.45) is 0 Å². The van der Waals surface area contributed by atoms with Crippen LogP contribution in [-0.2, 0) is 22.4 Å². The van der Waals surface area contributed by atoms with E-state index >= 15 is 0 Å². The van der Waals surface area contributed by atoms with E-state index in [0.29, 0.717) is 19.5 Å². The van der Waals surface area contributed by atoms with E-state index in [0.717, 1.165) is 37.9 Å². The maximum absolute atomic E-state index is 12.4. The molecule has 0 aromatic heterocycles. The van der Waals surface area contributed by atoms with Crippen molar-refractivity contribution in [1.29, 1.82) is 0 Å². The van der Waals surface area contributed by atoms with Crippen molar-refractivity contribution < 1.29 is 14.3 Å². The second-order valence-corrected chi connectivity index (χ2v) is 7.89. The number of piperidine rings is 1. The second-order valence-electron chi connectivity index (χ2n) is 7.89. The van der Waals surface area contributed by atoms with E-state index in [4.69, 9.17) is 4.74 Å². The molecule has 0 spiro atoms. The first-order valence-electron chi connectivity index (χ1n) is 11.0. The van der Waals surface area contributed by atoms with Crippen LogP contribution in [0.2, 0.25) is 0 Å². The number of aryl methyl sites for hydroxylation is 2. The smallest absolute Gasteiger partial charge is 0.260 e. The molecule has 30 heavy (non-hydrogen) atoms. The number of likely N-dealkylation sites (tertiary alicyclic amines) is 1. The minimum absolute atomic E-state index is 0.00138. The van der Waals surface area contributed by atoms with E-state index in [9.17, 15) is 9.59 Å². The van der Waals surface area contributed by atoms with Crippen LogP contribution >= 0.6 is 0 Å². The lowest BCUT2D eigenvalue weighted by Gasteiger charge is -2.32. The van der Waals surface area contributed by atoms with Crippen LogP contribution < -0.4 is 10.1 Å². The number of rotatable bonds is 9. The summed E-state index contributed by atoms with van der Waals surface area (Å²) >= 11 is 0. The molecule has 2 aromatic carbocycles. The summed E-state index contributed by atoms with van der Waals surface area (Å²) in [6.45, 7) is 3.52. The van der Waals surface area contributed by atoms with Crippen LogP contribution in [0.1, 0.15) is 43.7 Å². The summed E-state index contributed by atoms with van der Waals surface area (Å²) in [5.74, 6) is 0.809. The van der Waals surface area contributed by atoms with Gasteiger partial charge in [-0.3, -0.25) is 9.59 Å². The molecule has 0 atom stereocenters. The van der Waals surface area contributed by atoms with E-state index in [1.807, 2.05) is 47.4 Å². The summed E-state index contributed by atoms with van der Waals surface area (Å²) in [5.41, 5.74) is 2.46. The van der Waals surface area contributed by atoms with Crippen LogP contribution in [0.5, 0.6) is 5.75 Å². The number of ether oxygens (including phenoxy) is 1. The zero-order chi connectivity index (χ0) is 21.2. The molecular weight excluding hydrogens is 376 g/mol. The van der Waals surface area contributed by atoms with Crippen LogP contribution in [0.3, 0.4) is 0 Å². The number of nitrogens with one attached hydrogen (secondary N) is 1. The second kappa shape index (κ2) is 11.4. The van der Waals surface area contributed by atoms with Gasteiger partial charge in [0.05, 0.1) is 0 Å². The first-order valence-corrected chi connectivity index (χ1v) is 11.0. The predicted octanol–water partition coefficient (Wildman–Crippen LogP) is 3.76. The van der Waals surface area contributed by atoms with Gasteiger partial charge in [0.25, 0.3) is 5.91 Å². The highest BCUT2D eigenvalue weighted by Gasteiger charge is 2.24. The Balaban J connectivity index is 1.34. The fraction of sp³-hybridized carbons (Fsp3) is 0.440. The van der Waals surface area contributed by atoms with Crippen LogP contribution in [0.25, 0.3) is 0 Å². The number of amides is 2. The van der Waals surface area contributed by atoms with Crippen molar-refractivity contribution in [2.75, 3.05) is 19.7 Å². The molecule has 3 rings (SSSR count). The lowest BCUT2D eigenvalue weighted by molar-refractivity contribution is -0.134. The lowest BCUT2D eigenvalue weighted by Crippen LogP contribution is -2.47. The molecule has 1 aliphatic rings. The van der Waals surface area contributed by atoms with Gasteiger partial charge < -0.3 is 15.0 Å². The van der Waals surface area contributed by atoms with E-state index in [1.54, 1.807) is 0 Å². The first kappa shape index (κ1) is 21.9. The third-order valence-corrected chi connectivity index (χ3v) is 5.52. The molecule has 160 valence electrons. The maximum atomic E-state index is 12.4. The Kier molecular flexibility index (Phi) is 8.30. The molecule has 0 radical (unpaired) electrons. The Labute approximate surface area is 179 Å². The monoisotopic (exact) mass is 408 g/mol. The highest BCUT2D eigenvalue weighted by Crippen LogP contribution is 2.15. The van der Waals surface area contributed by atoms with Crippen molar-refractivity contribution in [1.82, 2.24) is 10.2 Å². The molecule has 1 N–H and O–H groups in total. The van der Waals surface area contributed by atoms with Crippen molar-refractivity contribution in [3.05, 3.63) is 65.7 Å². The Morgan fingerprint density at radius 2 is 1.63 bits per heavy atom. The third-order valence-electron chi connectivity index (χ3n) is 5.52. The molecule has 2 aromatic rings. The molecule has 5 nitrogen and oxygen atoms in total. The van der Waals surface area contributed by atoms with Crippen molar-refractivity contribution >= 4 is 11.8 Å². The van der Waals surface area contributed by atoms with Crippen LogP contribution in [0.15, 0.2) is 54.6 Å². The number of nitrogens with zero attached hydrogens (tertiary/aromatic N) is 1. The topological polar surface area (TPSA) is 58.6 Å². The molecule has 2 amide bonds. The van der Waals surface area contributed by atoms with Crippen LogP contribution in [0, 0.1) is 0 Å². The average Bonchev–Trinajstić information content (AvgIpc) is 2.78. The standard InChI is InChI=1S/C25H32N2O3/c1-2-6-20-9-12-23(13-10-20)30-19-25(29)27-17-15-22(16-18-27)26-24(28)14-11-21-7-4-3-5-8-21/h3-5,7-10,12-13,22H,2,6,11,14-19H2,1H3,(H,26,28). The van der Waals surface area contributed by atoms with Gasteiger partial charge in [0.2, 0.25) is 5.91 Å². The maximum Gasteiger partial charge on any atom is 0.260 e. The number of carbonyl (C=O) groups is 2. The normalized spacial score (nSPS) is 14.4. The molecule has 1 heterocycles. The quantitative estimate of drug-likeness (QED) is 0.687. The van der Waals surface area contributed by atoms with Crippen molar-refractivity contribution in [3.63, 3.8) is 0 Å². The Morgan fingerprint density at radius 3 is 2.30 bits per heavy atom. The van der Waals surface area contributed by atoms with Gasteiger partial charge in [-0.05, 0) is 48.9 Å². The van der Waals surface area contributed by atoms with Crippen molar-refractivity contribution in [3.8, 4) is 5.75 Å². The molecule has 5 heteroatoms. The summed E-state index contributed by atoms with van der Waals surface area (Å²) in [6.07, 6.45) is 4.98. The number of carbonyl (C=O) groups excluding carboxylic acids is 2. The van der Waals surface area contributed by atoms with Crippen LogP contribution in [0.4, 0.5) is 0 Å². The van der Waals surface area contributed by atoms with E-state index < -0.39 is 0 Å². The number of benzene rings is 2. The van der Waals surface area contributed by atoms with Gasteiger partial charge in [0.1, 0.15) is 5.75 Å². The van der Waals surface area contributed by atoms with Gasteiger partial charge in [-0.15, -0.1) is 0 Å². The zero-order valence-corrected chi connectivity index (χ0v) is 17.8. The van der Waals surface area contributed by atoms with Gasteiger partial charge >= 0.3 is 0 Å². The Bertz CT molecular complexity index is 797. The summed E-state index contributed by atoms with van der Waals surface area (Å²) in [6, 6.07) is 18.1. The van der Waals surface area contributed by atoms with Gasteiger partial charge in [0.15, 0.2) is 6.61 Å². The van der Waals surface area contributed by atoms with E-state index in [-0.39, 0.29) is 24.5 Å². The molecule has 1 aliphatic heterocycles. The molecule has 1 fully saturated rings. The van der Waals surface area contributed by atoms with Gasteiger partial charge in [-0.2, -0.15) is 0 Å². The average molecular weight is 409 g/mol. The molecule has 0 bridgehead atoms. The summed E-state index contributed by atoms with van der Waals surface area (Å²) in [5, 5.41) is 3.11. The Morgan fingerprint density at radius 1 is 0.967 bits per heavy atom. The third kappa shape index (κ3) is 6.90. The van der Waals surface area contributed by atoms with Crippen LogP contribution in [-0.4, -0.2) is 42.5 Å². The fourth-order valence-corrected chi connectivity index (χ4v) is 3.75. The fourth-order valence-electron chi connectivity index (χ4n) is 3.75. The molecule has 0 unspecified atom stereocenters. The number of hydrogen-bond donors (Lipinski definition) is 1. The van der Waals surface area contributed by atoms with E-state index in [1.165, 1.54) is 11.1 Å². The minimum Gasteiger partial charge on any atom is -0.484 e. The minimum atomic E-state index is 0.00138. The summed E-state index contributed by atoms with van der Waals surface area (Å²) < 4.78 is 5.66. The zero-order valence-electron chi connectivity index (χ0n) is 17.8. The van der Waals surface area contributed by atoms with Gasteiger partial charge in [0, 0.05) is 25.6 Å². The molecular formula is C25H32N2O3. The van der Waals surface area contributed by atoms with Crippen molar-refractivity contribution in [2.45, 2.75) is 51.5 Å². The highest BCUT2D eigenvalue weighted by atomic mass is 16.5. The first-order chi connectivity index (χ1) is 14.6. The van der Waals surface area contributed by atoms with Gasteiger partial charge in [-0.1, -0.05) is 55.8 Å². The largest absolute Gasteiger partial charge is 0.484 e.